The van der Waals surface area contributed by atoms with Crippen LogP contribution in [0, 0.1) is 5.82 Å². The fourth-order valence-corrected chi connectivity index (χ4v) is 3.86. The molecule has 2 N–H and O–H groups in total. The van der Waals surface area contributed by atoms with E-state index >= 15 is 0 Å². The van der Waals surface area contributed by atoms with E-state index in [1.165, 1.54) is 24.5 Å². The van der Waals surface area contributed by atoms with Gasteiger partial charge in [0.2, 0.25) is 0 Å². The zero-order valence-corrected chi connectivity index (χ0v) is 18.6. The zero-order chi connectivity index (χ0) is 22.8. The smallest absolute Gasteiger partial charge is 0.161 e. The number of benzene rings is 2. The molecule has 32 heavy (non-hydrogen) atoms. The Labute approximate surface area is 190 Å². The van der Waals surface area contributed by atoms with Gasteiger partial charge in [0.05, 0.1) is 23.2 Å². The Morgan fingerprint density at radius 2 is 2.06 bits per heavy atom. The second-order valence-corrected chi connectivity index (χ2v) is 8.38. The molecule has 0 aliphatic carbocycles. The molecule has 0 spiro atoms. The summed E-state index contributed by atoms with van der Waals surface area (Å²) in [5, 5.41) is 14.2. The summed E-state index contributed by atoms with van der Waals surface area (Å²) < 4.78 is 20.1. The summed E-state index contributed by atoms with van der Waals surface area (Å²) in [7, 11) is 1.83. The van der Waals surface area contributed by atoms with Gasteiger partial charge in [0.15, 0.2) is 11.5 Å². The summed E-state index contributed by atoms with van der Waals surface area (Å²) in [5.74, 6) is 0.301. The molecule has 0 unspecified atom stereocenters. The number of nitrogens with one attached hydrogen (secondary N) is 1. The molecule has 2 bridgehead atoms. The number of rotatable bonds is 0. The monoisotopic (exact) mass is 458 g/mol. The molecule has 2 heterocycles. The van der Waals surface area contributed by atoms with E-state index in [9.17, 15) is 14.3 Å². The Balaban J connectivity index is 1.83. The third kappa shape index (κ3) is 4.61. The molecule has 9 heteroatoms. The number of anilines is 2. The van der Waals surface area contributed by atoms with E-state index in [2.05, 4.69) is 15.3 Å². The third-order valence-electron chi connectivity index (χ3n) is 5.74. The van der Waals surface area contributed by atoms with Crippen LogP contribution in [-0.4, -0.2) is 45.5 Å². The molecule has 1 aliphatic rings. The molecule has 0 saturated heterocycles. The first-order valence-electron chi connectivity index (χ1n) is 10.4. The SMILES string of the molecule is C[C@H]1C(=O)CCCCOc2cc3c(ncnc3cc2O)Nc2cc(Cl)c(F)cc2CN1C. The first kappa shape index (κ1) is 22.2. The van der Waals surface area contributed by atoms with E-state index in [-0.39, 0.29) is 22.6 Å². The second kappa shape index (κ2) is 9.26. The van der Waals surface area contributed by atoms with Crippen LogP contribution in [0.4, 0.5) is 15.9 Å². The Bertz CT molecular complexity index is 1170. The Morgan fingerprint density at radius 1 is 1.25 bits per heavy atom. The van der Waals surface area contributed by atoms with Gasteiger partial charge in [0.25, 0.3) is 0 Å². The molecule has 4 rings (SSSR count). The maximum Gasteiger partial charge on any atom is 0.161 e. The molecule has 1 atom stereocenters. The van der Waals surface area contributed by atoms with Crippen molar-refractivity contribution in [3.8, 4) is 11.5 Å². The van der Waals surface area contributed by atoms with E-state index in [1.807, 2.05) is 18.9 Å². The molecule has 3 aromatic rings. The molecule has 168 valence electrons. The lowest BCUT2D eigenvalue weighted by Crippen LogP contribution is -2.35. The van der Waals surface area contributed by atoms with Crippen LogP contribution < -0.4 is 10.1 Å². The van der Waals surface area contributed by atoms with Crippen molar-refractivity contribution in [2.75, 3.05) is 19.0 Å². The Kier molecular flexibility index (Phi) is 6.43. The number of likely N-dealkylation sites (N-methyl/N-ethyl adjacent to an activating group) is 1. The minimum atomic E-state index is -0.540. The molecule has 0 fully saturated rings. The number of ether oxygens (including phenoxy) is 1. The summed E-state index contributed by atoms with van der Waals surface area (Å²) in [4.78, 5) is 23.1. The summed E-state index contributed by atoms with van der Waals surface area (Å²) in [6.07, 6.45) is 3.13. The zero-order valence-electron chi connectivity index (χ0n) is 17.9. The van der Waals surface area contributed by atoms with E-state index in [0.29, 0.717) is 66.1 Å². The largest absolute Gasteiger partial charge is 0.504 e. The predicted molar refractivity (Wildman–Crippen MR) is 121 cm³/mol. The normalized spacial score (nSPS) is 18.2. The molecule has 7 nitrogen and oxygen atoms in total. The van der Waals surface area contributed by atoms with Crippen molar-refractivity contribution in [2.24, 2.45) is 0 Å². The maximum absolute atomic E-state index is 14.3. The van der Waals surface area contributed by atoms with Gasteiger partial charge in [-0.1, -0.05) is 11.6 Å². The number of carbonyl (C=O) groups excluding carboxylic acids is 1. The summed E-state index contributed by atoms with van der Waals surface area (Å²) >= 11 is 6.07. The van der Waals surface area contributed by atoms with Gasteiger partial charge in [-0.05, 0) is 50.6 Å². The van der Waals surface area contributed by atoms with Crippen LogP contribution >= 0.6 is 11.6 Å². The molecule has 0 amide bonds. The highest BCUT2D eigenvalue weighted by molar-refractivity contribution is 6.31. The first-order chi connectivity index (χ1) is 15.3. The minimum Gasteiger partial charge on any atom is -0.504 e. The van der Waals surface area contributed by atoms with Crippen molar-refractivity contribution < 1.29 is 19.0 Å². The van der Waals surface area contributed by atoms with Crippen LogP contribution in [-0.2, 0) is 11.3 Å². The van der Waals surface area contributed by atoms with E-state index in [0.717, 1.165) is 0 Å². The Hall–Kier alpha value is -2.97. The summed E-state index contributed by atoms with van der Waals surface area (Å²) in [6.45, 7) is 2.55. The number of halogens is 2. The highest BCUT2D eigenvalue weighted by Gasteiger charge is 2.21. The number of carbonyl (C=O) groups is 1. The molecular formula is C23H24ClFN4O3. The van der Waals surface area contributed by atoms with Gasteiger partial charge in [0, 0.05) is 30.1 Å². The molecule has 0 radical (unpaired) electrons. The lowest BCUT2D eigenvalue weighted by atomic mass is 10.1. The van der Waals surface area contributed by atoms with Gasteiger partial charge in [-0.3, -0.25) is 9.69 Å². The standard InChI is InChI=1S/C23H24ClFN4O3/c1-13-20(30)5-3-4-6-32-22-8-15-19(10-21(22)31)26-12-27-23(15)28-18-9-16(24)17(25)7-14(18)11-29(13)2/h7-10,12-13,31H,3-6,11H2,1-2H3,(H,26,27,28)/t13-/m0/s1. The van der Waals surface area contributed by atoms with Crippen LogP contribution in [0.3, 0.4) is 0 Å². The number of phenolic OH excluding ortho intramolecular Hbond substituents is 1. The van der Waals surface area contributed by atoms with Gasteiger partial charge < -0.3 is 15.2 Å². The van der Waals surface area contributed by atoms with Crippen LogP contribution in [0.25, 0.3) is 10.9 Å². The van der Waals surface area contributed by atoms with Crippen LogP contribution in [0.1, 0.15) is 31.7 Å². The van der Waals surface area contributed by atoms with E-state index in [1.54, 1.807) is 6.07 Å². The number of fused-ring (bicyclic) bond motifs is 2. The second-order valence-electron chi connectivity index (χ2n) is 7.97. The number of aromatic hydroxyl groups is 1. The number of aromatic nitrogens is 2. The van der Waals surface area contributed by atoms with Crippen molar-refractivity contribution in [1.82, 2.24) is 14.9 Å². The van der Waals surface area contributed by atoms with Crippen molar-refractivity contribution in [2.45, 2.75) is 38.8 Å². The van der Waals surface area contributed by atoms with Gasteiger partial charge >= 0.3 is 0 Å². The van der Waals surface area contributed by atoms with Gasteiger partial charge in [-0.15, -0.1) is 0 Å². The topological polar surface area (TPSA) is 87.6 Å². The predicted octanol–water partition coefficient (Wildman–Crippen LogP) is 4.82. The van der Waals surface area contributed by atoms with Crippen molar-refractivity contribution in [3.63, 3.8) is 0 Å². The first-order valence-corrected chi connectivity index (χ1v) is 10.8. The van der Waals surface area contributed by atoms with E-state index < -0.39 is 5.82 Å². The molecule has 2 aromatic carbocycles. The molecular weight excluding hydrogens is 435 g/mol. The lowest BCUT2D eigenvalue weighted by molar-refractivity contribution is -0.123. The summed E-state index contributed by atoms with van der Waals surface area (Å²) in [5.41, 5.74) is 1.72. The number of nitrogens with zero attached hydrogens (tertiary/aromatic N) is 3. The van der Waals surface area contributed by atoms with Gasteiger partial charge in [0.1, 0.15) is 23.7 Å². The minimum absolute atomic E-state index is 0.0277. The van der Waals surface area contributed by atoms with Gasteiger partial charge in [-0.2, -0.15) is 0 Å². The quantitative estimate of drug-likeness (QED) is 0.499. The number of Topliss-reactive ketones (excluding diaryl/α,β-unsaturated/α-hetero) is 1. The van der Waals surface area contributed by atoms with Crippen molar-refractivity contribution in [3.05, 3.63) is 47.0 Å². The van der Waals surface area contributed by atoms with Crippen LogP contribution in [0.2, 0.25) is 5.02 Å². The number of hydrogen-bond acceptors (Lipinski definition) is 7. The fourth-order valence-electron chi connectivity index (χ4n) is 3.69. The molecule has 0 saturated carbocycles. The van der Waals surface area contributed by atoms with E-state index in [4.69, 9.17) is 16.3 Å². The van der Waals surface area contributed by atoms with Gasteiger partial charge in [-0.25, -0.2) is 14.4 Å². The van der Waals surface area contributed by atoms with Crippen molar-refractivity contribution >= 4 is 39.8 Å². The van der Waals surface area contributed by atoms with Crippen molar-refractivity contribution in [1.29, 1.82) is 0 Å². The maximum atomic E-state index is 14.3. The average Bonchev–Trinajstić information content (AvgIpc) is 2.76. The number of ketones is 1. The lowest BCUT2D eigenvalue weighted by Gasteiger charge is -2.25. The highest BCUT2D eigenvalue weighted by Crippen LogP contribution is 2.35. The molecule has 1 aromatic heterocycles. The highest BCUT2D eigenvalue weighted by atomic mass is 35.5. The number of phenols is 1. The number of hydrogen-bond donors (Lipinski definition) is 2. The Morgan fingerprint density at radius 3 is 2.88 bits per heavy atom. The third-order valence-corrected chi connectivity index (χ3v) is 6.03. The average molecular weight is 459 g/mol. The summed E-state index contributed by atoms with van der Waals surface area (Å²) in [6, 6.07) is 5.71. The fraction of sp³-hybridized carbons (Fsp3) is 0.348. The van der Waals surface area contributed by atoms with Crippen LogP contribution in [0.15, 0.2) is 30.6 Å². The molecule has 1 aliphatic heterocycles. The van der Waals surface area contributed by atoms with Crippen LogP contribution in [0.5, 0.6) is 11.5 Å².